The van der Waals surface area contributed by atoms with Gasteiger partial charge in [0.1, 0.15) is 0 Å². The molecular weight excluding hydrogens is 374 g/mol. The largest absolute Gasteiger partial charge is 0.493 e. The van der Waals surface area contributed by atoms with Crippen LogP contribution in [0.15, 0.2) is 40.3 Å². The first-order valence-corrected chi connectivity index (χ1v) is 10.6. The molecule has 1 aromatic heterocycles. The second-order valence-electron chi connectivity index (χ2n) is 8.21. The van der Waals surface area contributed by atoms with Crippen LogP contribution in [-0.2, 0) is 10.2 Å². The van der Waals surface area contributed by atoms with Gasteiger partial charge in [0, 0.05) is 11.7 Å². The number of aromatic hydroxyl groups is 1. The predicted molar refractivity (Wildman–Crippen MR) is 112 cm³/mol. The molecule has 1 amide bonds. The topological polar surface area (TPSA) is 84.2 Å². The van der Waals surface area contributed by atoms with E-state index < -0.39 is 0 Å². The summed E-state index contributed by atoms with van der Waals surface area (Å²) in [6, 6.07) is 9.04. The summed E-state index contributed by atoms with van der Waals surface area (Å²) in [5.41, 5.74) is 1.73. The van der Waals surface area contributed by atoms with Gasteiger partial charge in [-0.3, -0.25) is 14.2 Å². The number of anilines is 1. The Bertz CT molecular complexity index is 895. The number of hydrogen-bond donors (Lipinski definition) is 2. The van der Waals surface area contributed by atoms with Crippen molar-refractivity contribution < 1.29 is 9.90 Å². The first kappa shape index (κ1) is 20.5. The van der Waals surface area contributed by atoms with Gasteiger partial charge in [0.2, 0.25) is 11.8 Å². The Morgan fingerprint density at radius 1 is 1.25 bits per heavy atom. The van der Waals surface area contributed by atoms with Crippen molar-refractivity contribution in [3.63, 3.8) is 0 Å². The van der Waals surface area contributed by atoms with E-state index in [4.69, 9.17) is 0 Å². The van der Waals surface area contributed by atoms with Crippen LogP contribution in [0, 0.1) is 0 Å². The minimum Gasteiger partial charge on any atom is -0.493 e. The van der Waals surface area contributed by atoms with Crippen molar-refractivity contribution in [1.82, 2.24) is 9.55 Å². The highest BCUT2D eigenvalue weighted by Crippen LogP contribution is 2.32. The Kier molecular flexibility index (Phi) is 6.13. The highest BCUT2D eigenvalue weighted by Gasteiger charge is 2.22. The molecule has 0 radical (unpaired) electrons. The lowest BCUT2D eigenvalue weighted by molar-refractivity contribution is -0.113. The van der Waals surface area contributed by atoms with Crippen LogP contribution in [-0.4, -0.2) is 26.3 Å². The molecule has 0 bridgehead atoms. The standard InChI is InChI=1S/C21H27N3O3S/c1-21(2,3)14-8-10-15(11-9-14)22-18(26)13-28-20-23-17(25)12-19(27)24(20)16-6-4-5-7-16/h8-12,16,25H,4-7,13H2,1-3H3,(H,22,26). The molecule has 28 heavy (non-hydrogen) atoms. The number of nitrogens with zero attached hydrogens (tertiary/aromatic N) is 2. The van der Waals surface area contributed by atoms with Gasteiger partial charge in [-0.15, -0.1) is 0 Å². The minimum atomic E-state index is -0.306. The van der Waals surface area contributed by atoms with Crippen molar-refractivity contribution in [1.29, 1.82) is 0 Å². The Balaban J connectivity index is 1.67. The second-order valence-corrected chi connectivity index (χ2v) is 9.15. The number of hydrogen-bond acceptors (Lipinski definition) is 5. The maximum atomic E-state index is 12.4. The number of thioether (sulfide) groups is 1. The van der Waals surface area contributed by atoms with Crippen LogP contribution in [0.2, 0.25) is 0 Å². The lowest BCUT2D eigenvalue weighted by atomic mass is 9.87. The molecule has 1 aliphatic carbocycles. The predicted octanol–water partition coefficient (Wildman–Crippen LogP) is 4.09. The lowest BCUT2D eigenvalue weighted by Crippen LogP contribution is -2.26. The SMILES string of the molecule is CC(C)(C)c1ccc(NC(=O)CSc2nc(O)cc(=O)n2C2CCCC2)cc1. The molecule has 7 heteroatoms. The van der Waals surface area contributed by atoms with Crippen LogP contribution >= 0.6 is 11.8 Å². The molecule has 0 spiro atoms. The Hall–Kier alpha value is -2.28. The molecule has 0 atom stereocenters. The average molecular weight is 402 g/mol. The summed E-state index contributed by atoms with van der Waals surface area (Å²) in [7, 11) is 0. The number of nitrogens with one attached hydrogen (secondary N) is 1. The molecule has 1 heterocycles. The van der Waals surface area contributed by atoms with E-state index in [0.29, 0.717) is 5.16 Å². The van der Waals surface area contributed by atoms with Crippen molar-refractivity contribution in [3.8, 4) is 5.88 Å². The third-order valence-corrected chi connectivity index (χ3v) is 5.92. The van der Waals surface area contributed by atoms with E-state index in [-0.39, 0.29) is 34.6 Å². The zero-order valence-corrected chi connectivity index (χ0v) is 17.4. The Morgan fingerprint density at radius 3 is 2.50 bits per heavy atom. The highest BCUT2D eigenvalue weighted by molar-refractivity contribution is 7.99. The van der Waals surface area contributed by atoms with Crippen molar-refractivity contribution in [2.75, 3.05) is 11.1 Å². The summed E-state index contributed by atoms with van der Waals surface area (Å²) in [6.45, 7) is 6.43. The molecule has 1 fully saturated rings. The first-order valence-electron chi connectivity index (χ1n) is 9.60. The number of rotatable bonds is 5. The summed E-state index contributed by atoms with van der Waals surface area (Å²) < 4.78 is 1.63. The van der Waals surface area contributed by atoms with Crippen molar-refractivity contribution >= 4 is 23.4 Å². The summed E-state index contributed by atoms with van der Waals surface area (Å²) in [6.07, 6.45) is 4.00. The highest BCUT2D eigenvalue weighted by atomic mass is 32.2. The molecule has 1 saturated carbocycles. The summed E-state index contributed by atoms with van der Waals surface area (Å²) in [4.78, 5) is 28.8. The number of amides is 1. The van der Waals surface area contributed by atoms with E-state index in [9.17, 15) is 14.7 Å². The Labute approximate surface area is 169 Å². The maximum Gasteiger partial charge on any atom is 0.258 e. The number of carbonyl (C=O) groups excluding carboxylic acids is 1. The van der Waals surface area contributed by atoms with E-state index in [1.54, 1.807) is 4.57 Å². The van der Waals surface area contributed by atoms with Crippen molar-refractivity contribution in [2.24, 2.45) is 0 Å². The average Bonchev–Trinajstić information content (AvgIpc) is 3.13. The molecule has 3 rings (SSSR count). The van der Waals surface area contributed by atoms with E-state index in [1.165, 1.54) is 17.3 Å². The zero-order chi connectivity index (χ0) is 20.3. The molecule has 1 aromatic carbocycles. The van der Waals surface area contributed by atoms with Crippen LogP contribution in [0.3, 0.4) is 0 Å². The van der Waals surface area contributed by atoms with Crippen LogP contribution in [0.1, 0.15) is 58.1 Å². The molecule has 0 aliphatic heterocycles. The van der Waals surface area contributed by atoms with Crippen molar-refractivity contribution in [3.05, 3.63) is 46.2 Å². The van der Waals surface area contributed by atoms with Crippen LogP contribution < -0.4 is 10.9 Å². The van der Waals surface area contributed by atoms with Crippen LogP contribution in [0.25, 0.3) is 0 Å². The maximum absolute atomic E-state index is 12.4. The van der Waals surface area contributed by atoms with Gasteiger partial charge >= 0.3 is 0 Å². The summed E-state index contributed by atoms with van der Waals surface area (Å²) in [5, 5.41) is 13.0. The normalized spacial score (nSPS) is 15.0. The first-order chi connectivity index (χ1) is 13.2. The van der Waals surface area contributed by atoms with E-state index in [1.807, 2.05) is 24.3 Å². The number of aromatic nitrogens is 2. The fourth-order valence-electron chi connectivity index (χ4n) is 3.44. The molecule has 6 nitrogen and oxygen atoms in total. The van der Waals surface area contributed by atoms with Crippen molar-refractivity contribution in [2.45, 2.75) is 63.1 Å². The number of carbonyl (C=O) groups is 1. The fourth-order valence-corrected chi connectivity index (χ4v) is 4.31. The van der Waals surface area contributed by atoms with E-state index in [0.717, 1.165) is 37.4 Å². The monoisotopic (exact) mass is 401 g/mol. The number of benzene rings is 1. The molecule has 0 unspecified atom stereocenters. The smallest absolute Gasteiger partial charge is 0.258 e. The second kappa shape index (κ2) is 8.39. The third kappa shape index (κ3) is 4.95. The fraction of sp³-hybridized carbons (Fsp3) is 0.476. The Morgan fingerprint density at radius 2 is 1.89 bits per heavy atom. The van der Waals surface area contributed by atoms with Gasteiger partial charge in [-0.1, -0.05) is 57.5 Å². The molecule has 2 aromatic rings. The molecule has 150 valence electrons. The van der Waals surface area contributed by atoms with Gasteiger partial charge in [-0.2, -0.15) is 4.98 Å². The van der Waals surface area contributed by atoms with Gasteiger partial charge in [-0.05, 0) is 36.0 Å². The van der Waals surface area contributed by atoms with Crippen LogP contribution in [0.5, 0.6) is 5.88 Å². The molecule has 0 saturated heterocycles. The van der Waals surface area contributed by atoms with Gasteiger partial charge < -0.3 is 10.4 Å². The van der Waals surface area contributed by atoms with Crippen LogP contribution in [0.4, 0.5) is 5.69 Å². The van der Waals surface area contributed by atoms with Gasteiger partial charge in [-0.25, -0.2) is 0 Å². The quantitative estimate of drug-likeness (QED) is 0.582. The third-order valence-electron chi connectivity index (χ3n) is 4.96. The summed E-state index contributed by atoms with van der Waals surface area (Å²) >= 11 is 1.18. The molecule has 1 aliphatic rings. The molecule has 2 N–H and O–H groups in total. The van der Waals surface area contributed by atoms with Gasteiger partial charge in [0.15, 0.2) is 5.16 Å². The van der Waals surface area contributed by atoms with Gasteiger partial charge in [0.05, 0.1) is 11.8 Å². The summed E-state index contributed by atoms with van der Waals surface area (Å²) in [5.74, 6) is -0.368. The zero-order valence-electron chi connectivity index (χ0n) is 16.6. The minimum absolute atomic E-state index is 0.0588. The van der Waals surface area contributed by atoms with E-state index in [2.05, 4.69) is 31.1 Å². The lowest BCUT2D eigenvalue weighted by Gasteiger charge is -2.19. The molecular formula is C21H27N3O3S. The van der Waals surface area contributed by atoms with Gasteiger partial charge in [0.25, 0.3) is 5.56 Å². The van der Waals surface area contributed by atoms with E-state index >= 15 is 0 Å².